The fourth-order valence-electron chi connectivity index (χ4n) is 2.45. The Hall–Kier alpha value is -2.21. The Morgan fingerprint density at radius 3 is 2.46 bits per heavy atom. The number of benzene rings is 1. The Balaban J connectivity index is 2.44. The molecule has 128 valence electrons. The van der Waals surface area contributed by atoms with E-state index < -0.39 is 5.82 Å². The molecule has 0 aliphatic rings. The molecular weight excluding hydrogens is 333 g/mol. The first-order chi connectivity index (χ1) is 11.3. The van der Waals surface area contributed by atoms with E-state index in [0.29, 0.717) is 0 Å². The highest BCUT2D eigenvalue weighted by Gasteiger charge is 2.25. The van der Waals surface area contributed by atoms with Gasteiger partial charge in [-0.15, -0.1) is 0 Å². The molecule has 0 spiro atoms. The van der Waals surface area contributed by atoms with Crippen molar-refractivity contribution in [1.82, 2.24) is 14.9 Å². The van der Waals surface area contributed by atoms with E-state index in [1.807, 2.05) is 27.7 Å². The van der Waals surface area contributed by atoms with Crippen LogP contribution in [0.25, 0.3) is 0 Å². The number of amides is 1. The summed E-state index contributed by atoms with van der Waals surface area (Å²) in [6.45, 7) is 7.61. The van der Waals surface area contributed by atoms with Crippen molar-refractivity contribution < 1.29 is 13.9 Å². The van der Waals surface area contributed by atoms with E-state index in [4.69, 9.17) is 16.3 Å². The van der Waals surface area contributed by atoms with Gasteiger partial charge in [0.05, 0.1) is 11.8 Å². The third-order valence-electron chi connectivity index (χ3n) is 3.37. The molecule has 0 aliphatic carbocycles. The molecule has 7 heteroatoms. The SMILES string of the molecule is CC(C)N(C(=O)c1cc(F)ccc1Oc1cncnc1Cl)C(C)C. The fraction of sp³-hybridized carbons (Fsp3) is 0.353. The van der Waals surface area contributed by atoms with E-state index in [-0.39, 0.29) is 40.2 Å². The highest BCUT2D eigenvalue weighted by molar-refractivity contribution is 6.30. The van der Waals surface area contributed by atoms with Gasteiger partial charge in [0.15, 0.2) is 10.9 Å². The van der Waals surface area contributed by atoms with Crippen molar-refractivity contribution in [1.29, 1.82) is 0 Å². The Bertz CT molecular complexity index is 730. The van der Waals surface area contributed by atoms with Gasteiger partial charge >= 0.3 is 0 Å². The minimum atomic E-state index is -0.520. The molecule has 1 amide bonds. The zero-order valence-corrected chi connectivity index (χ0v) is 14.7. The van der Waals surface area contributed by atoms with Crippen LogP contribution in [0, 0.1) is 5.82 Å². The second-order valence-electron chi connectivity index (χ2n) is 5.82. The number of rotatable bonds is 5. The molecule has 2 rings (SSSR count). The maximum absolute atomic E-state index is 13.7. The Morgan fingerprint density at radius 2 is 1.88 bits per heavy atom. The Morgan fingerprint density at radius 1 is 1.21 bits per heavy atom. The van der Waals surface area contributed by atoms with E-state index >= 15 is 0 Å². The standard InChI is InChI=1S/C17H19ClFN3O2/c1-10(2)22(11(3)4)17(23)13-7-12(19)5-6-14(13)24-15-8-20-9-21-16(15)18/h5-11H,1-4H3. The molecule has 24 heavy (non-hydrogen) atoms. The number of nitrogens with zero attached hydrogens (tertiary/aromatic N) is 3. The van der Waals surface area contributed by atoms with Crippen LogP contribution in [0.4, 0.5) is 4.39 Å². The highest BCUT2D eigenvalue weighted by atomic mass is 35.5. The average Bonchev–Trinajstić information content (AvgIpc) is 2.50. The number of halogens is 2. The lowest BCUT2D eigenvalue weighted by Gasteiger charge is -2.31. The average molecular weight is 352 g/mol. The van der Waals surface area contributed by atoms with Crippen LogP contribution in [-0.4, -0.2) is 32.9 Å². The summed E-state index contributed by atoms with van der Waals surface area (Å²) < 4.78 is 19.4. The summed E-state index contributed by atoms with van der Waals surface area (Å²) >= 11 is 5.96. The van der Waals surface area contributed by atoms with E-state index in [1.54, 1.807) is 4.90 Å². The number of carbonyl (C=O) groups is 1. The maximum atomic E-state index is 13.7. The van der Waals surface area contributed by atoms with Crippen molar-refractivity contribution in [2.24, 2.45) is 0 Å². The van der Waals surface area contributed by atoms with Gasteiger partial charge in [0, 0.05) is 12.1 Å². The summed E-state index contributed by atoms with van der Waals surface area (Å²) in [7, 11) is 0. The lowest BCUT2D eigenvalue weighted by molar-refractivity contribution is 0.0640. The largest absolute Gasteiger partial charge is 0.452 e. The molecule has 0 unspecified atom stereocenters. The highest BCUT2D eigenvalue weighted by Crippen LogP contribution is 2.31. The van der Waals surface area contributed by atoms with E-state index in [9.17, 15) is 9.18 Å². The molecule has 1 heterocycles. The molecule has 0 N–H and O–H groups in total. The molecule has 0 radical (unpaired) electrons. The normalized spacial score (nSPS) is 11.0. The number of ether oxygens (including phenoxy) is 1. The number of hydrogen-bond acceptors (Lipinski definition) is 4. The van der Waals surface area contributed by atoms with Crippen molar-refractivity contribution >= 4 is 17.5 Å². The van der Waals surface area contributed by atoms with Crippen molar-refractivity contribution in [3.05, 3.63) is 47.3 Å². The van der Waals surface area contributed by atoms with Gasteiger partial charge in [-0.2, -0.15) is 0 Å². The molecule has 0 aliphatic heterocycles. The minimum absolute atomic E-state index is 0.0442. The predicted octanol–water partition coefficient (Wildman–Crippen LogP) is 4.32. The second-order valence-corrected chi connectivity index (χ2v) is 6.18. The van der Waals surface area contributed by atoms with Crippen LogP contribution < -0.4 is 4.74 Å². The van der Waals surface area contributed by atoms with Gasteiger partial charge in [-0.3, -0.25) is 4.79 Å². The smallest absolute Gasteiger partial charge is 0.258 e. The summed E-state index contributed by atoms with van der Waals surface area (Å²) in [4.78, 5) is 22.2. The predicted molar refractivity (Wildman–Crippen MR) is 90.0 cm³/mol. The van der Waals surface area contributed by atoms with Crippen molar-refractivity contribution in [2.45, 2.75) is 39.8 Å². The van der Waals surface area contributed by atoms with E-state index in [0.717, 1.165) is 6.07 Å². The fourth-order valence-corrected chi connectivity index (χ4v) is 2.58. The molecule has 0 atom stereocenters. The van der Waals surface area contributed by atoms with Crippen molar-refractivity contribution in [3.63, 3.8) is 0 Å². The Kier molecular flexibility index (Phi) is 5.72. The Labute approximate surface area is 145 Å². The van der Waals surface area contributed by atoms with Gasteiger partial charge in [0.2, 0.25) is 0 Å². The van der Waals surface area contributed by atoms with Crippen LogP contribution in [0.5, 0.6) is 11.5 Å². The minimum Gasteiger partial charge on any atom is -0.452 e. The second kappa shape index (κ2) is 7.57. The van der Waals surface area contributed by atoms with Gasteiger partial charge in [0.1, 0.15) is 17.9 Å². The molecule has 2 aromatic rings. The summed E-state index contributed by atoms with van der Waals surface area (Å²) in [6.07, 6.45) is 2.67. The van der Waals surface area contributed by atoms with Gasteiger partial charge in [0.25, 0.3) is 5.91 Å². The number of hydrogen-bond donors (Lipinski definition) is 0. The van der Waals surface area contributed by atoms with Gasteiger partial charge in [-0.25, -0.2) is 14.4 Å². The first-order valence-corrected chi connectivity index (χ1v) is 7.94. The molecule has 0 bridgehead atoms. The molecule has 0 saturated carbocycles. The third-order valence-corrected chi connectivity index (χ3v) is 3.66. The lowest BCUT2D eigenvalue weighted by Crippen LogP contribution is -2.42. The quantitative estimate of drug-likeness (QED) is 0.753. The van der Waals surface area contributed by atoms with Crippen LogP contribution in [0.3, 0.4) is 0 Å². The molecule has 1 aromatic carbocycles. The third kappa shape index (κ3) is 4.00. The van der Waals surface area contributed by atoms with Crippen molar-refractivity contribution in [3.8, 4) is 11.5 Å². The topological polar surface area (TPSA) is 55.3 Å². The summed E-state index contributed by atoms with van der Waals surface area (Å²) in [5.74, 6) is -0.444. The summed E-state index contributed by atoms with van der Waals surface area (Å²) in [5.41, 5.74) is 0.123. The van der Waals surface area contributed by atoms with E-state index in [1.165, 1.54) is 24.7 Å². The number of carbonyl (C=O) groups excluding carboxylic acids is 1. The maximum Gasteiger partial charge on any atom is 0.258 e. The first-order valence-electron chi connectivity index (χ1n) is 7.56. The van der Waals surface area contributed by atoms with Crippen molar-refractivity contribution in [2.75, 3.05) is 0 Å². The lowest BCUT2D eigenvalue weighted by atomic mass is 10.1. The first kappa shape index (κ1) is 18.1. The van der Waals surface area contributed by atoms with Crippen LogP contribution >= 0.6 is 11.6 Å². The van der Waals surface area contributed by atoms with Crippen LogP contribution in [0.15, 0.2) is 30.7 Å². The monoisotopic (exact) mass is 351 g/mol. The molecule has 5 nitrogen and oxygen atoms in total. The molecule has 0 saturated heterocycles. The molecular formula is C17H19ClFN3O2. The van der Waals surface area contributed by atoms with E-state index in [2.05, 4.69) is 9.97 Å². The zero-order chi connectivity index (χ0) is 17.9. The van der Waals surface area contributed by atoms with Crippen LogP contribution in [0.2, 0.25) is 5.15 Å². The number of aromatic nitrogens is 2. The summed E-state index contributed by atoms with van der Waals surface area (Å²) in [5, 5.41) is 0.109. The van der Waals surface area contributed by atoms with Crippen LogP contribution in [0.1, 0.15) is 38.1 Å². The molecule has 0 fully saturated rings. The van der Waals surface area contributed by atoms with Crippen LogP contribution in [-0.2, 0) is 0 Å². The summed E-state index contributed by atoms with van der Waals surface area (Å²) in [6, 6.07) is 3.69. The van der Waals surface area contributed by atoms with Gasteiger partial charge < -0.3 is 9.64 Å². The van der Waals surface area contributed by atoms with Gasteiger partial charge in [-0.05, 0) is 45.9 Å². The molecule has 1 aromatic heterocycles. The zero-order valence-electron chi connectivity index (χ0n) is 14.0. The van der Waals surface area contributed by atoms with Gasteiger partial charge in [-0.1, -0.05) is 11.6 Å².